The van der Waals surface area contributed by atoms with Crippen molar-refractivity contribution in [2.45, 2.75) is 13.0 Å². The summed E-state index contributed by atoms with van der Waals surface area (Å²) in [6, 6.07) is 2.00. The van der Waals surface area contributed by atoms with E-state index in [0.717, 1.165) is 43.7 Å². The van der Waals surface area contributed by atoms with Crippen molar-refractivity contribution < 1.29 is 4.74 Å². The molecule has 1 fully saturated rings. The first kappa shape index (κ1) is 15.0. The van der Waals surface area contributed by atoms with Gasteiger partial charge in [-0.2, -0.15) is 4.98 Å². The Morgan fingerprint density at radius 1 is 1.30 bits per heavy atom. The molecule has 1 atom stereocenters. The molecule has 6 nitrogen and oxygen atoms in total. The molecule has 112 valence electrons. The van der Waals surface area contributed by atoms with Crippen LogP contribution in [-0.4, -0.2) is 75.4 Å². The molecule has 1 aromatic heterocycles. The molecule has 2 heterocycles. The molecule has 2 rings (SSSR count). The maximum absolute atomic E-state index is 5.80. The van der Waals surface area contributed by atoms with Crippen LogP contribution in [0.5, 0.6) is 0 Å². The lowest BCUT2D eigenvalue weighted by Crippen LogP contribution is -2.47. The monoisotopic (exact) mass is 279 g/mol. The Kier molecular flexibility index (Phi) is 4.77. The third-order valence-electron chi connectivity index (χ3n) is 3.28. The molecular weight excluding hydrogens is 254 g/mol. The molecule has 20 heavy (non-hydrogen) atoms. The lowest BCUT2D eigenvalue weighted by Gasteiger charge is -2.34. The Hall–Kier alpha value is -1.40. The van der Waals surface area contributed by atoms with Crippen LogP contribution in [0.3, 0.4) is 0 Å². The number of anilines is 2. The van der Waals surface area contributed by atoms with Gasteiger partial charge in [-0.3, -0.25) is 0 Å². The lowest BCUT2D eigenvalue weighted by molar-refractivity contribution is 0.0243. The number of aromatic nitrogens is 2. The van der Waals surface area contributed by atoms with Crippen LogP contribution >= 0.6 is 0 Å². The van der Waals surface area contributed by atoms with Crippen LogP contribution in [0.25, 0.3) is 0 Å². The smallest absolute Gasteiger partial charge is 0.227 e. The molecule has 0 N–H and O–H groups in total. The highest BCUT2D eigenvalue weighted by Gasteiger charge is 2.23. The molecule has 1 aromatic rings. The third-order valence-corrected chi connectivity index (χ3v) is 3.28. The maximum Gasteiger partial charge on any atom is 0.227 e. The van der Waals surface area contributed by atoms with E-state index in [4.69, 9.17) is 4.74 Å². The molecule has 0 unspecified atom stereocenters. The SMILES string of the molecule is Cc1cc(N(C)C)nc(N2CCO[C@@H](CN(C)C)C2)n1. The van der Waals surface area contributed by atoms with Gasteiger partial charge in [0, 0.05) is 45.5 Å². The molecule has 6 heteroatoms. The van der Waals surface area contributed by atoms with Gasteiger partial charge in [-0.25, -0.2) is 4.98 Å². The number of nitrogens with zero attached hydrogens (tertiary/aromatic N) is 5. The van der Waals surface area contributed by atoms with E-state index in [1.807, 2.05) is 32.0 Å². The minimum atomic E-state index is 0.214. The molecule has 1 saturated heterocycles. The van der Waals surface area contributed by atoms with E-state index in [9.17, 15) is 0 Å². The van der Waals surface area contributed by atoms with Gasteiger partial charge in [-0.15, -0.1) is 0 Å². The summed E-state index contributed by atoms with van der Waals surface area (Å²) in [4.78, 5) is 15.6. The topological polar surface area (TPSA) is 44.7 Å². The van der Waals surface area contributed by atoms with E-state index < -0.39 is 0 Å². The minimum Gasteiger partial charge on any atom is -0.373 e. The number of aryl methyl sites for hydroxylation is 1. The first-order valence-electron chi connectivity index (χ1n) is 7.00. The largest absolute Gasteiger partial charge is 0.373 e. The fourth-order valence-electron chi connectivity index (χ4n) is 2.33. The zero-order chi connectivity index (χ0) is 14.7. The van der Waals surface area contributed by atoms with Gasteiger partial charge in [-0.1, -0.05) is 0 Å². The van der Waals surface area contributed by atoms with Crippen LogP contribution in [-0.2, 0) is 4.74 Å². The minimum absolute atomic E-state index is 0.214. The molecule has 0 amide bonds. The van der Waals surface area contributed by atoms with Gasteiger partial charge >= 0.3 is 0 Å². The van der Waals surface area contributed by atoms with Gasteiger partial charge in [0.15, 0.2) is 0 Å². The van der Waals surface area contributed by atoms with Gasteiger partial charge in [0.1, 0.15) is 5.82 Å². The van der Waals surface area contributed by atoms with Gasteiger partial charge in [0.05, 0.1) is 12.7 Å². The van der Waals surface area contributed by atoms with Crippen molar-refractivity contribution in [3.05, 3.63) is 11.8 Å². The number of ether oxygens (including phenoxy) is 1. The summed E-state index contributed by atoms with van der Waals surface area (Å²) in [5.74, 6) is 1.75. The summed E-state index contributed by atoms with van der Waals surface area (Å²) in [5, 5.41) is 0. The van der Waals surface area contributed by atoms with Crippen LogP contribution < -0.4 is 9.80 Å². The third kappa shape index (κ3) is 3.80. The average Bonchev–Trinajstić information content (AvgIpc) is 2.37. The molecule has 0 saturated carbocycles. The normalized spacial score (nSPS) is 19.5. The van der Waals surface area contributed by atoms with Gasteiger partial charge in [0.25, 0.3) is 0 Å². The van der Waals surface area contributed by atoms with Crippen LogP contribution in [0.2, 0.25) is 0 Å². The maximum atomic E-state index is 5.80. The number of hydrogen-bond donors (Lipinski definition) is 0. The van der Waals surface area contributed by atoms with Crippen molar-refractivity contribution in [3.8, 4) is 0 Å². The standard InChI is InChI=1S/C14H25N5O/c1-11-8-13(18(4)5)16-14(15-11)19-6-7-20-12(10-19)9-17(2)3/h8,12H,6-7,9-10H2,1-5H3/t12-/m0/s1. The number of rotatable bonds is 4. The fourth-order valence-corrected chi connectivity index (χ4v) is 2.33. The van der Waals surface area contributed by atoms with E-state index in [1.54, 1.807) is 0 Å². The predicted octanol–water partition coefficient (Wildman–Crippen LogP) is 0.618. The molecule has 0 spiro atoms. The summed E-state index contributed by atoms with van der Waals surface area (Å²) >= 11 is 0. The summed E-state index contributed by atoms with van der Waals surface area (Å²) in [5.41, 5.74) is 0.995. The van der Waals surface area contributed by atoms with Crippen molar-refractivity contribution >= 4 is 11.8 Å². The highest BCUT2D eigenvalue weighted by Crippen LogP contribution is 2.18. The average molecular weight is 279 g/mol. The number of likely N-dealkylation sites (N-methyl/N-ethyl adjacent to an activating group) is 1. The van der Waals surface area contributed by atoms with E-state index >= 15 is 0 Å². The Morgan fingerprint density at radius 3 is 2.70 bits per heavy atom. The lowest BCUT2D eigenvalue weighted by atomic mass is 10.2. The Bertz CT molecular complexity index is 449. The van der Waals surface area contributed by atoms with Gasteiger partial charge in [-0.05, 0) is 21.0 Å². The van der Waals surface area contributed by atoms with Crippen LogP contribution in [0, 0.1) is 6.92 Å². The summed E-state index contributed by atoms with van der Waals surface area (Å²) in [6.07, 6.45) is 0.214. The fraction of sp³-hybridized carbons (Fsp3) is 0.714. The number of morpholine rings is 1. The Balaban J connectivity index is 2.14. The molecule has 0 radical (unpaired) electrons. The van der Waals surface area contributed by atoms with E-state index in [2.05, 4.69) is 33.9 Å². The van der Waals surface area contributed by atoms with Crippen molar-refractivity contribution in [2.75, 3.05) is 64.2 Å². The van der Waals surface area contributed by atoms with Crippen molar-refractivity contribution in [1.29, 1.82) is 0 Å². The first-order valence-corrected chi connectivity index (χ1v) is 7.00. The van der Waals surface area contributed by atoms with Crippen molar-refractivity contribution in [1.82, 2.24) is 14.9 Å². The molecule has 1 aliphatic heterocycles. The molecule has 0 aromatic carbocycles. The van der Waals surface area contributed by atoms with E-state index in [1.165, 1.54) is 0 Å². The molecular formula is C14H25N5O. The second-order valence-corrected chi connectivity index (χ2v) is 5.76. The summed E-state index contributed by atoms with van der Waals surface area (Å²) in [7, 11) is 8.13. The van der Waals surface area contributed by atoms with Gasteiger partial charge in [0.2, 0.25) is 5.95 Å². The van der Waals surface area contributed by atoms with Crippen LogP contribution in [0.4, 0.5) is 11.8 Å². The van der Waals surface area contributed by atoms with Gasteiger partial charge < -0.3 is 19.4 Å². The highest BCUT2D eigenvalue weighted by atomic mass is 16.5. The zero-order valence-corrected chi connectivity index (χ0v) is 13.1. The highest BCUT2D eigenvalue weighted by molar-refractivity contribution is 5.45. The number of hydrogen-bond acceptors (Lipinski definition) is 6. The Labute approximate surface area is 121 Å². The second kappa shape index (κ2) is 6.37. The van der Waals surface area contributed by atoms with Crippen molar-refractivity contribution in [3.63, 3.8) is 0 Å². The van der Waals surface area contributed by atoms with Crippen LogP contribution in [0.15, 0.2) is 6.07 Å². The second-order valence-electron chi connectivity index (χ2n) is 5.76. The van der Waals surface area contributed by atoms with Crippen molar-refractivity contribution in [2.24, 2.45) is 0 Å². The summed E-state index contributed by atoms with van der Waals surface area (Å²) in [6.45, 7) is 5.35. The first-order chi connectivity index (χ1) is 9.45. The van der Waals surface area contributed by atoms with Crippen LogP contribution in [0.1, 0.15) is 5.69 Å². The molecule has 0 bridgehead atoms. The summed E-state index contributed by atoms with van der Waals surface area (Å²) < 4.78 is 5.80. The zero-order valence-electron chi connectivity index (χ0n) is 13.1. The predicted molar refractivity (Wildman–Crippen MR) is 81.6 cm³/mol. The van der Waals surface area contributed by atoms with E-state index in [-0.39, 0.29) is 6.10 Å². The molecule has 0 aliphatic carbocycles. The van der Waals surface area contributed by atoms with E-state index in [0.29, 0.717) is 0 Å². The quantitative estimate of drug-likeness (QED) is 0.805. The Morgan fingerprint density at radius 2 is 2.05 bits per heavy atom. The molecule has 1 aliphatic rings.